The van der Waals surface area contributed by atoms with E-state index in [1.165, 1.54) is 0 Å². The van der Waals surface area contributed by atoms with Crippen LogP contribution in [0.4, 0.5) is 0 Å². The number of nitrogens with one attached hydrogen (secondary N) is 1. The Bertz CT molecular complexity index is 871. The summed E-state index contributed by atoms with van der Waals surface area (Å²) in [6.45, 7) is -0.322. The van der Waals surface area contributed by atoms with E-state index >= 15 is 0 Å². The van der Waals surface area contributed by atoms with Crippen molar-refractivity contribution < 1.29 is 14.3 Å². The number of aromatic amines is 1. The molecule has 0 saturated carbocycles. The van der Waals surface area contributed by atoms with E-state index in [4.69, 9.17) is 16.3 Å². The minimum Gasteiger partial charge on any atom is -0.453 e. The number of carbonyl (C=O) groups is 2. The smallest absolute Gasteiger partial charge is 0.356 e. The average Bonchev–Trinajstić information content (AvgIpc) is 3.09. The lowest BCUT2D eigenvalue weighted by Crippen LogP contribution is -2.14. The zero-order chi connectivity index (χ0) is 15.7. The number of ketones is 1. The molecule has 7 heteroatoms. The first-order valence-corrected chi connectivity index (χ1v) is 8.27. The van der Waals surface area contributed by atoms with E-state index in [0.717, 1.165) is 22.2 Å². The number of H-pyrrole nitrogens is 1. The van der Waals surface area contributed by atoms with Crippen molar-refractivity contribution in [1.82, 2.24) is 4.98 Å². The predicted molar refractivity (Wildman–Crippen MR) is 89.9 cm³/mol. The van der Waals surface area contributed by atoms with Crippen LogP contribution < -0.4 is 0 Å². The van der Waals surface area contributed by atoms with Gasteiger partial charge in [0.05, 0.1) is 13.7 Å². The Hall–Kier alpha value is -1.63. The third-order valence-electron chi connectivity index (χ3n) is 3.03. The van der Waals surface area contributed by atoms with Gasteiger partial charge in [-0.2, -0.15) is 0 Å². The van der Waals surface area contributed by atoms with Gasteiger partial charge in [0, 0.05) is 10.9 Å². The fourth-order valence-corrected chi connectivity index (χ4v) is 3.56. The van der Waals surface area contributed by atoms with E-state index in [0.29, 0.717) is 19.4 Å². The van der Waals surface area contributed by atoms with Crippen LogP contribution in [0, 0.1) is 0 Å². The van der Waals surface area contributed by atoms with Gasteiger partial charge in [0.15, 0.2) is 6.61 Å². The Balaban J connectivity index is 1.73. The maximum Gasteiger partial charge on any atom is 0.356 e. The van der Waals surface area contributed by atoms with Gasteiger partial charge in [0.2, 0.25) is 5.78 Å². The Morgan fingerprint density at radius 2 is 2.00 bits per heavy atom. The van der Waals surface area contributed by atoms with Crippen LogP contribution >= 0.6 is 38.9 Å². The molecule has 0 radical (unpaired) electrons. The Kier molecular flexibility index (Phi) is 4.33. The van der Waals surface area contributed by atoms with Crippen molar-refractivity contribution in [2.75, 3.05) is 6.61 Å². The van der Waals surface area contributed by atoms with Gasteiger partial charge in [-0.15, -0.1) is 11.3 Å². The molecule has 0 bridgehead atoms. The molecule has 0 unspecified atom stereocenters. The van der Waals surface area contributed by atoms with Crippen molar-refractivity contribution in [3.8, 4) is 0 Å². The van der Waals surface area contributed by atoms with Gasteiger partial charge in [0.1, 0.15) is 5.69 Å². The number of Topliss-reactive ketones (excluding diaryl/α,β-unsaturated/α-hetero) is 1. The number of halogens is 2. The number of carbonyl (C=O) groups excluding carboxylic acids is 2. The predicted octanol–water partition coefficient (Wildman–Crippen LogP) is 4.69. The van der Waals surface area contributed by atoms with Crippen LogP contribution in [0.3, 0.4) is 0 Å². The average molecular weight is 399 g/mol. The lowest BCUT2D eigenvalue weighted by Gasteiger charge is -2.02. The van der Waals surface area contributed by atoms with Crippen LogP contribution in [0.2, 0.25) is 4.34 Å². The maximum absolute atomic E-state index is 12.1. The number of esters is 1. The second-order valence-corrected chi connectivity index (χ2v) is 6.97. The molecule has 0 saturated heterocycles. The molecule has 0 atom stereocenters. The highest BCUT2D eigenvalue weighted by molar-refractivity contribution is 9.10. The van der Waals surface area contributed by atoms with Crippen LogP contribution in [0.15, 0.2) is 40.9 Å². The molecule has 2 heterocycles. The summed E-state index contributed by atoms with van der Waals surface area (Å²) in [5, 5.41) is 0.880. The highest BCUT2D eigenvalue weighted by atomic mass is 79.9. The third kappa shape index (κ3) is 2.95. The fourth-order valence-electron chi connectivity index (χ4n) is 1.99. The second kappa shape index (κ2) is 6.24. The number of para-hydroxylation sites is 1. The highest BCUT2D eigenvalue weighted by Crippen LogP contribution is 2.28. The number of hydrogen-bond acceptors (Lipinski definition) is 4. The van der Waals surface area contributed by atoms with Crippen molar-refractivity contribution in [1.29, 1.82) is 0 Å². The van der Waals surface area contributed by atoms with Crippen LogP contribution in [0.1, 0.15) is 20.2 Å². The molecule has 0 aliphatic carbocycles. The van der Waals surface area contributed by atoms with Crippen molar-refractivity contribution in [3.05, 3.63) is 55.8 Å². The van der Waals surface area contributed by atoms with Gasteiger partial charge in [-0.25, -0.2) is 4.79 Å². The van der Waals surface area contributed by atoms with Crippen LogP contribution in [-0.2, 0) is 4.74 Å². The molecule has 1 aromatic carbocycles. The van der Waals surface area contributed by atoms with Gasteiger partial charge < -0.3 is 9.72 Å². The summed E-state index contributed by atoms with van der Waals surface area (Å²) in [6, 6.07) is 10.7. The molecule has 22 heavy (non-hydrogen) atoms. The number of ether oxygens (including phenoxy) is 1. The topological polar surface area (TPSA) is 59.2 Å². The van der Waals surface area contributed by atoms with Crippen molar-refractivity contribution in [3.63, 3.8) is 0 Å². The summed E-state index contributed by atoms with van der Waals surface area (Å²) in [5.74, 6) is -0.864. The lowest BCUT2D eigenvalue weighted by atomic mass is 10.2. The summed E-state index contributed by atoms with van der Waals surface area (Å²) in [4.78, 5) is 27.5. The maximum atomic E-state index is 12.1. The molecule has 4 nitrogen and oxygen atoms in total. The molecule has 1 N–H and O–H groups in total. The van der Waals surface area contributed by atoms with E-state index in [-0.39, 0.29) is 12.4 Å². The molecule has 0 aliphatic rings. The van der Waals surface area contributed by atoms with Gasteiger partial charge >= 0.3 is 5.97 Å². The van der Waals surface area contributed by atoms with E-state index in [1.54, 1.807) is 12.1 Å². The number of benzene rings is 1. The summed E-state index contributed by atoms with van der Waals surface area (Å²) >= 11 is 10.3. The van der Waals surface area contributed by atoms with E-state index in [1.807, 2.05) is 24.3 Å². The Morgan fingerprint density at radius 3 is 2.68 bits per heavy atom. The molecule has 0 spiro atoms. The largest absolute Gasteiger partial charge is 0.453 e. The molecule has 0 amide bonds. The van der Waals surface area contributed by atoms with Crippen molar-refractivity contribution >= 4 is 61.5 Å². The third-order valence-corrected chi connectivity index (χ3v) is 5.13. The summed E-state index contributed by atoms with van der Waals surface area (Å²) in [6.07, 6.45) is 0. The molecular weight excluding hydrogens is 390 g/mol. The molecule has 3 rings (SSSR count). The molecule has 0 fully saturated rings. The number of thiophene rings is 1. The van der Waals surface area contributed by atoms with E-state index < -0.39 is 5.97 Å². The van der Waals surface area contributed by atoms with Gasteiger partial charge in [-0.1, -0.05) is 29.8 Å². The molecule has 2 aromatic heterocycles. The molecule has 0 aliphatic heterocycles. The SMILES string of the molecule is O=C(COC(=O)c1[nH]c2ccccc2c1Br)c1ccc(Cl)s1. The fraction of sp³-hybridized carbons (Fsp3) is 0.0667. The van der Waals surface area contributed by atoms with Crippen LogP contribution in [0.5, 0.6) is 0 Å². The first-order valence-electron chi connectivity index (χ1n) is 6.28. The minimum absolute atomic E-state index is 0.280. The molecule has 112 valence electrons. The Morgan fingerprint density at radius 1 is 1.23 bits per heavy atom. The quantitative estimate of drug-likeness (QED) is 0.512. The zero-order valence-electron chi connectivity index (χ0n) is 11.1. The number of hydrogen-bond donors (Lipinski definition) is 1. The summed E-state index contributed by atoms with van der Waals surface area (Å²) in [5.41, 5.74) is 1.11. The van der Waals surface area contributed by atoms with Crippen LogP contribution in [0.25, 0.3) is 10.9 Å². The highest BCUT2D eigenvalue weighted by Gasteiger charge is 2.19. The summed E-state index contributed by atoms with van der Waals surface area (Å²) in [7, 11) is 0. The standard InChI is InChI=1S/C15H9BrClNO3S/c16-13-8-3-1-2-4-9(8)18-14(13)15(20)21-7-10(19)11-5-6-12(17)22-11/h1-6,18H,7H2. The monoisotopic (exact) mass is 397 g/mol. The van der Waals surface area contributed by atoms with Gasteiger partial charge in [0.25, 0.3) is 0 Å². The van der Waals surface area contributed by atoms with Crippen molar-refractivity contribution in [2.45, 2.75) is 0 Å². The molecular formula is C15H9BrClNO3S. The van der Waals surface area contributed by atoms with Gasteiger partial charge in [-0.05, 0) is 34.1 Å². The van der Waals surface area contributed by atoms with Crippen LogP contribution in [-0.4, -0.2) is 23.3 Å². The van der Waals surface area contributed by atoms with Gasteiger partial charge in [-0.3, -0.25) is 4.79 Å². The molecule has 3 aromatic rings. The lowest BCUT2D eigenvalue weighted by molar-refractivity contribution is 0.0470. The van der Waals surface area contributed by atoms with E-state index in [2.05, 4.69) is 20.9 Å². The number of rotatable bonds is 4. The summed E-state index contributed by atoms with van der Waals surface area (Å²) < 4.78 is 6.22. The first-order chi connectivity index (χ1) is 10.6. The minimum atomic E-state index is -0.584. The Labute approximate surface area is 143 Å². The van der Waals surface area contributed by atoms with Crippen molar-refractivity contribution in [2.24, 2.45) is 0 Å². The number of aromatic nitrogens is 1. The first kappa shape index (κ1) is 15.3. The van der Waals surface area contributed by atoms with E-state index in [9.17, 15) is 9.59 Å². The normalized spacial score (nSPS) is 10.8. The second-order valence-electron chi connectivity index (χ2n) is 4.46. The zero-order valence-corrected chi connectivity index (χ0v) is 14.2. The number of fused-ring (bicyclic) bond motifs is 1.